The van der Waals surface area contributed by atoms with E-state index in [2.05, 4.69) is 10.4 Å². The van der Waals surface area contributed by atoms with Gasteiger partial charge in [-0.1, -0.05) is 0 Å². The summed E-state index contributed by atoms with van der Waals surface area (Å²) in [7, 11) is 0. The van der Waals surface area contributed by atoms with Crippen molar-refractivity contribution in [2.75, 3.05) is 5.32 Å². The van der Waals surface area contributed by atoms with Gasteiger partial charge in [0.2, 0.25) is 5.91 Å². The third kappa shape index (κ3) is 4.82. The Balaban J connectivity index is 2.21. The Labute approximate surface area is 176 Å². The lowest BCUT2D eigenvalue weighted by Gasteiger charge is -2.10. The van der Waals surface area contributed by atoms with Crippen molar-refractivity contribution in [3.8, 4) is 0 Å². The fourth-order valence-electron chi connectivity index (χ4n) is 2.92. The van der Waals surface area contributed by atoms with E-state index in [4.69, 9.17) is 10.5 Å². The fourth-order valence-corrected chi connectivity index (χ4v) is 3.98. The summed E-state index contributed by atoms with van der Waals surface area (Å²) in [5.41, 5.74) is 6.29. The van der Waals surface area contributed by atoms with Gasteiger partial charge in [-0.25, -0.2) is 4.79 Å². The van der Waals surface area contributed by atoms with Crippen LogP contribution in [0.3, 0.4) is 0 Å². The van der Waals surface area contributed by atoms with Gasteiger partial charge >= 0.3 is 11.7 Å². The molecule has 2 rings (SSSR count). The molecular formula is C18H23N5O6S. The van der Waals surface area contributed by atoms with Crippen LogP contribution in [0.15, 0.2) is 0 Å². The van der Waals surface area contributed by atoms with Crippen molar-refractivity contribution in [1.29, 1.82) is 0 Å². The minimum absolute atomic E-state index is 0.0549. The molecule has 0 atom stereocenters. The van der Waals surface area contributed by atoms with Crippen molar-refractivity contribution in [1.82, 2.24) is 9.78 Å². The van der Waals surface area contributed by atoms with Gasteiger partial charge in [0.15, 0.2) is 0 Å². The second-order valence-electron chi connectivity index (χ2n) is 6.88. The van der Waals surface area contributed by atoms with Gasteiger partial charge in [-0.15, -0.1) is 11.3 Å². The second-order valence-corrected chi connectivity index (χ2v) is 7.90. The molecule has 0 aliphatic rings. The molecule has 2 aromatic rings. The third-order valence-corrected chi connectivity index (χ3v) is 5.47. The normalized spacial score (nSPS) is 10.9. The zero-order valence-corrected chi connectivity index (χ0v) is 18.1. The first-order valence-electron chi connectivity index (χ1n) is 9.06. The second kappa shape index (κ2) is 9.03. The third-order valence-electron chi connectivity index (χ3n) is 4.25. The number of hydrogen-bond donors (Lipinski definition) is 2. The first-order valence-corrected chi connectivity index (χ1v) is 9.88. The van der Waals surface area contributed by atoms with Crippen molar-refractivity contribution in [3.05, 3.63) is 37.5 Å². The number of nitrogens with one attached hydrogen (secondary N) is 1. The molecule has 2 aromatic heterocycles. The number of aromatic nitrogens is 2. The van der Waals surface area contributed by atoms with E-state index >= 15 is 0 Å². The van der Waals surface area contributed by atoms with Crippen molar-refractivity contribution in [3.63, 3.8) is 0 Å². The van der Waals surface area contributed by atoms with Crippen molar-refractivity contribution in [2.45, 2.75) is 53.7 Å². The molecule has 30 heavy (non-hydrogen) atoms. The predicted octanol–water partition coefficient (Wildman–Crippen LogP) is 2.47. The SMILES string of the molecule is Cc1nn(CCC(=O)Nc2sc(C(N)=O)c(C)c2C(=O)OC(C)C)c(C)c1[N+](=O)[O-]. The minimum atomic E-state index is -0.716. The average molecular weight is 437 g/mol. The summed E-state index contributed by atoms with van der Waals surface area (Å²) in [6.45, 7) is 8.09. The molecule has 0 aromatic carbocycles. The first-order chi connectivity index (χ1) is 13.9. The molecule has 162 valence electrons. The number of carbonyl (C=O) groups is 3. The highest BCUT2D eigenvalue weighted by atomic mass is 32.1. The van der Waals surface area contributed by atoms with Gasteiger partial charge in [-0.2, -0.15) is 5.10 Å². The van der Waals surface area contributed by atoms with Crippen LogP contribution in [-0.2, 0) is 16.1 Å². The number of ether oxygens (including phenoxy) is 1. The molecule has 3 N–H and O–H groups in total. The smallest absolute Gasteiger partial charge is 0.341 e. The number of thiophene rings is 1. The molecule has 0 fully saturated rings. The Morgan fingerprint density at radius 2 is 1.93 bits per heavy atom. The summed E-state index contributed by atoms with van der Waals surface area (Å²) in [5, 5.41) is 18.0. The molecule has 0 unspecified atom stereocenters. The molecule has 0 aliphatic carbocycles. The van der Waals surface area contributed by atoms with Crippen molar-refractivity contribution >= 4 is 39.8 Å². The molecule has 11 nitrogen and oxygen atoms in total. The van der Waals surface area contributed by atoms with E-state index < -0.39 is 22.7 Å². The van der Waals surface area contributed by atoms with Gasteiger partial charge in [0.05, 0.1) is 28.0 Å². The van der Waals surface area contributed by atoms with Crippen molar-refractivity contribution in [2.24, 2.45) is 5.73 Å². The van der Waals surface area contributed by atoms with E-state index in [1.807, 2.05) is 0 Å². The summed E-state index contributed by atoms with van der Waals surface area (Å²) < 4.78 is 6.59. The molecule has 0 spiro atoms. The van der Waals surface area contributed by atoms with Gasteiger partial charge in [0.1, 0.15) is 16.4 Å². The molecule has 0 radical (unpaired) electrons. The number of amides is 2. The zero-order valence-electron chi connectivity index (χ0n) is 17.3. The van der Waals surface area contributed by atoms with Crippen LogP contribution in [0.1, 0.15) is 57.2 Å². The highest BCUT2D eigenvalue weighted by Gasteiger charge is 2.27. The number of nitrogens with two attached hydrogens (primary N) is 1. The number of primary amides is 1. The van der Waals surface area contributed by atoms with Gasteiger partial charge < -0.3 is 15.8 Å². The average Bonchev–Trinajstić information content (AvgIpc) is 3.08. The highest BCUT2D eigenvalue weighted by Crippen LogP contribution is 2.34. The lowest BCUT2D eigenvalue weighted by molar-refractivity contribution is -0.386. The molecule has 0 saturated heterocycles. The first kappa shape index (κ1) is 23.0. The van der Waals surface area contributed by atoms with Gasteiger partial charge in [-0.3, -0.25) is 24.4 Å². The highest BCUT2D eigenvalue weighted by molar-refractivity contribution is 7.18. The van der Waals surface area contributed by atoms with Crippen LogP contribution in [0.2, 0.25) is 0 Å². The summed E-state index contributed by atoms with van der Waals surface area (Å²) >= 11 is 0.894. The number of nitrogens with zero attached hydrogens (tertiary/aromatic N) is 3. The summed E-state index contributed by atoms with van der Waals surface area (Å²) in [5.74, 6) is -1.84. The maximum Gasteiger partial charge on any atom is 0.341 e. The van der Waals surface area contributed by atoms with E-state index in [0.717, 1.165) is 11.3 Å². The molecular weight excluding hydrogens is 414 g/mol. The van der Waals surface area contributed by atoms with Gasteiger partial charge in [0, 0.05) is 6.42 Å². The van der Waals surface area contributed by atoms with Crippen LogP contribution in [0.5, 0.6) is 0 Å². The van der Waals surface area contributed by atoms with Crippen LogP contribution in [-0.4, -0.2) is 38.6 Å². The number of aryl methyl sites for hydroxylation is 2. The number of anilines is 1. The minimum Gasteiger partial charge on any atom is -0.459 e. The van der Waals surface area contributed by atoms with Crippen molar-refractivity contribution < 1.29 is 24.0 Å². The summed E-state index contributed by atoms with van der Waals surface area (Å²) in [6, 6.07) is 0. The number of hydrogen-bond acceptors (Lipinski definition) is 8. The largest absolute Gasteiger partial charge is 0.459 e. The molecule has 12 heteroatoms. The molecule has 0 saturated carbocycles. The predicted molar refractivity (Wildman–Crippen MR) is 110 cm³/mol. The van der Waals surface area contributed by atoms with Crippen LogP contribution in [0.4, 0.5) is 10.7 Å². The Morgan fingerprint density at radius 3 is 2.43 bits per heavy atom. The molecule has 2 amide bonds. The van der Waals surface area contributed by atoms with E-state index in [0.29, 0.717) is 11.3 Å². The molecule has 2 heterocycles. The monoisotopic (exact) mass is 437 g/mol. The summed E-state index contributed by atoms with van der Waals surface area (Å²) in [6.07, 6.45) is -0.445. The summed E-state index contributed by atoms with van der Waals surface area (Å²) in [4.78, 5) is 47.3. The van der Waals surface area contributed by atoms with Crippen LogP contribution >= 0.6 is 11.3 Å². The molecule has 0 aliphatic heterocycles. The standard InChI is InChI=1S/C18H23N5O6S/c1-8(2)29-18(26)13-9(3)15(16(19)25)30-17(13)20-12(24)6-7-22-11(5)14(23(27)28)10(4)21-22/h8H,6-7H2,1-5H3,(H2,19,25)(H,20,24). The fraction of sp³-hybridized carbons (Fsp3) is 0.444. The van der Waals surface area contributed by atoms with Gasteiger partial charge in [-0.05, 0) is 40.2 Å². The van der Waals surface area contributed by atoms with E-state index in [-0.39, 0.29) is 45.9 Å². The quantitative estimate of drug-likeness (QED) is 0.364. The number of esters is 1. The van der Waals surface area contributed by atoms with Crippen LogP contribution in [0.25, 0.3) is 0 Å². The Kier molecular flexibility index (Phi) is 6.92. The van der Waals surface area contributed by atoms with Gasteiger partial charge in [0.25, 0.3) is 5.91 Å². The van der Waals surface area contributed by atoms with E-state index in [1.54, 1.807) is 27.7 Å². The van der Waals surface area contributed by atoms with Crippen LogP contribution in [0, 0.1) is 30.9 Å². The maximum absolute atomic E-state index is 12.5. The topological polar surface area (TPSA) is 159 Å². The Hall–Kier alpha value is -3.28. The van der Waals surface area contributed by atoms with E-state index in [9.17, 15) is 24.5 Å². The Bertz CT molecular complexity index is 1020. The number of nitro groups is 1. The lowest BCUT2D eigenvalue weighted by atomic mass is 10.1. The molecule has 0 bridgehead atoms. The maximum atomic E-state index is 12.5. The number of rotatable bonds is 8. The van der Waals surface area contributed by atoms with E-state index in [1.165, 1.54) is 11.6 Å². The Morgan fingerprint density at radius 1 is 1.30 bits per heavy atom. The number of carbonyl (C=O) groups excluding carboxylic acids is 3. The zero-order chi connectivity index (χ0) is 22.7. The van der Waals surface area contributed by atoms with Crippen LogP contribution < -0.4 is 11.1 Å². The lowest BCUT2D eigenvalue weighted by Crippen LogP contribution is -2.18.